The summed E-state index contributed by atoms with van der Waals surface area (Å²) in [7, 11) is 3.14. The Morgan fingerprint density at radius 1 is 0.914 bits per heavy atom. The molecule has 0 N–H and O–H groups in total. The van der Waals surface area contributed by atoms with Crippen LogP contribution in [-0.2, 0) is 5.66 Å². The SMILES string of the molecule is CCCCCCCCOc1cccc(-c2ccccc2)c1C(=O)N(C)c1cccc(C(F)(F)P)c1. The van der Waals surface area contributed by atoms with Crippen LogP contribution < -0.4 is 9.64 Å². The molecule has 0 heterocycles. The summed E-state index contributed by atoms with van der Waals surface area (Å²) >= 11 is 0. The first-order valence-electron chi connectivity index (χ1n) is 12.2. The number of rotatable bonds is 12. The number of benzene rings is 3. The largest absolute Gasteiger partial charge is 0.493 e. The van der Waals surface area contributed by atoms with Crippen LogP contribution in [0.3, 0.4) is 0 Å². The van der Waals surface area contributed by atoms with Crippen molar-refractivity contribution in [1.82, 2.24) is 0 Å². The van der Waals surface area contributed by atoms with Gasteiger partial charge in [-0.2, -0.15) is 8.78 Å². The summed E-state index contributed by atoms with van der Waals surface area (Å²) in [6.07, 6.45) is 6.84. The molecular formula is C29H34F2NO2P. The standard InChI is InChI=1S/C29H34F2NO2P/c1-3-4-5-6-7-11-20-34-26-19-13-18-25(22-14-9-8-10-15-22)27(26)28(33)32(2)24-17-12-16-23(21-24)29(30,31)35/h8-10,12-19,21H,3-7,11,20,35H2,1-2H3. The molecule has 35 heavy (non-hydrogen) atoms. The van der Waals surface area contributed by atoms with Crippen LogP contribution in [0.5, 0.6) is 5.75 Å². The van der Waals surface area contributed by atoms with Crippen molar-refractivity contribution in [2.24, 2.45) is 0 Å². The lowest BCUT2D eigenvalue weighted by Gasteiger charge is -2.23. The van der Waals surface area contributed by atoms with E-state index in [1.54, 1.807) is 28.4 Å². The van der Waals surface area contributed by atoms with Gasteiger partial charge < -0.3 is 9.64 Å². The molecule has 1 unspecified atom stereocenters. The van der Waals surface area contributed by atoms with Crippen molar-refractivity contribution in [3.8, 4) is 16.9 Å². The second-order valence-corrected chi connectivity index (χ2v) is 9.42. The van der Waals surface area contributed by atoms with Crippen LogP contribution >= 0.6 is 9.24 Å². The lowest BCUT2D eigenvalue weighted by molar-refractivity contribution is 0.0984. The minimum absolute atomic E-state index is 0.171. The quantitative estimate of drug-likeness (QED) is 0.186. The van der Waals surface area contributed by atoms with Crippen LogP contribution in [0.15, 0.2) is 72.8 Å². The van der Waals surface area contributed by atoms with Crippen LogP contribution in [0.1, 0.15) is 61.4 Å². The van der Waals surface area contributed by atoms with Crippen LogP contribution in [0.2, 0.25) is 0 Å². The Morgan fingerprint density at radius 3 is 2.31 bits per heavy atom. The van der Waals surface area contributed by atoms with Gasteiger partial charge in [0.25, 0.3) is 11.6 Å². The van der Waals surface area contributed by atoms with Crippen molar-refractivity contribution in [3.05, 3.63) is 83.9 Å². The molecule has 3 aromatic rings. The Kier molecular flexibility index (Phi) is 9.80. The van der Waals surface area contributed by atoms with Crippen LogP contribution in [0, 0.1) is 0 Å². The minimum Gasteiger partial charge on any atom is -0.493 e. The molecular weight excluding hydrogens is 463 g/mol. The van der Waals surface area contributed by atoms with Gasteiger partial charge in [-0.3, -0.25) is 4.79 Å². The molecule has 3 nitrogen and oxygen atoms in total. The van der Waals surface area contributed by atoms with Crippen LogP contribution in [0.25, 0.3) is 11.1 Å². The Labute approximate surface area is 209 Å². The summed E-state index contributed by atoms with van der Waals surface area (Å²) in [5.41, 5.74) is -0.798. The van der Waals surface area contributed by atoms with Crippen molar-refractivity contribution in [1.29, 1.82) is 0 Å². The van der Waals surface area contributed by atoms with Crippen molar-refractivity contribution < 1.29 is 18.3 Å². The highest BCUT2D eigenvalue weighted by atomic mass is 31.0. The van der Waals surface area contributed by atoms with Gasteiger partial charge in [0, 0.05) is 18.3 Å². The number of halogens is 2. The number of nitrogens with zero attached hydrogens (tertiary/aromatic N) is 1. The number of ether oxygens (including phenoxy) is 1. The van der Waals surface area contributed by atoms with Crippen molar-refractivity contribution in [2.45, 2.75) is 51.1 Å². The number of hydrogen-bond acceptors (Lipinski definition) is 2. The fourth-order valence-corrected chi connectivity index (χ4v) is 4.18. The monoisotopic (exact) mass is 497 g/mol. The van der Waals surface area contributed by atoms with Gasteiger partial charge in [-0.05, 0) is 35.7 Å². The molecule has 3 rings (SSSR count). The van der Waals surface area contributed by atoms with E-state index >= 15 is 0 Å². The van der Waals surface area contributed by atoms with E-state index in [1.165, 1.54) is 48.8 Å². The molecule has 0 saturated carbocycles. The molecule has 0 aromatic heterocycles. The number of unbranched alkanes of at least 4 members (excludes halogenated alkanes) is 5. The molecule has 0 spiro atoms. The van der Waals surface area contributed by atoms with E-state index < -0.39 is 5.66 Å². The van der Waals surface area contributed by atoms with Crippen molar-refractivity contribution in [2.75, 3.05) is 18.6 Å². The molecule has 1 amide bonds. The maximum Gasteiger partial charge on any atom is 0.283 e. The summed E-state index contributed by atoms with van der Waals surface area (Å²) in [6.45, 7) is 2.71. The maximum atomic E-state index is 13.9. The third-order valence-electron chi connectivity index (χ3n) is 6.00. The van der Waals surface area contributed by atoms with Crippen molar-refractivity contribution >= 4 is 20.8 Å². The zero-order valence-electron chi connectivity index (χ0n) is 20.5. The van der Waals surface area contributed by atoms with Gasteiger partial charge in [-0.15, -0.1) is 0 Å². The molecule has 0 radical (unpaired) electrons. The van der Waals surface area contributed by atoms with E-state index in [4.69, 9.17) is 4.74 Å². The number of anilines is 1. The Balaban J connectivity index is 1.90. The molecule has 0 fully saturated rings. The summed E-state index contributed by atoms with van der Waals surface area (Å²) in [5, 5.41) is 0. The summed E-state index contributed by atoms with van der Waals surface area (Å²) in [5.74, 6) is 0.191. The molecule has 3 aromatic carbocycles. The number of alkyl halides is 2. The lowest BCUT2D eigenvalue weighted by Crippen LogP contribution is -2.27. The first kappa shape index (κ1) is 26.8. The van der Waals surface area contributed by atoms with Gasteiger partial charge in [-0.25, -0.2) is 0 Å². The number of carbonyl (C=O) groups excluding carboxylic acids is 1. The van der Waals surface area contributed by atoms with Gasteiger partial charge in [0.2, 0.25) is 0 Å². The summed E-state index contributed by atoms with van der Waals surface area (Å²) in [6, 6.07) is 21.1. The molecule has 6 heteroatoms. The number of hydrogen-bond donors (Lipinski definition) is 0. The second-order valence-electron chi connectivity index (χ2n) is 8.70. The summed E-state index contributed by atoms with van der Waals surface area (Å²) in [4.78, 5) is 15.2. The number of carbonyl (C=O) groups is 1. The average molecular weight is 498 g/mol. The van der Waals surface area contributed by atoms with E-state index in [1.807, 2.05) is 42.5 Å². The first-order valence-corrected chi connectivity index (χ1v) is 12.8. The van der Waals surface area contributed by atoms with Gasteiger partial charge in [0.1, 0.15) is 5.75 Å². The van der Waals surface area contributed by atoms with Gasteiger partial charge in [0.05, 0.1) is 12.2 Å². The van der Waals surface area contributed by atoms with Gasteiger partial charge in [-0.1, -0.05) is 103 Å². The highest BCUT2D eigenvalue weighted by Crippen LogP contribution is 2.37. The Morgan fingerprint density at radius 2 is 1.60 bits per heavy atom. The predicted molar refractivity (Wildman–Crippen MR) is 144 cm³/mol. The predicted octanol–water partition coefficient (Wildman–Crippen LogP) is 8.29. The molecule has 0 aliphatic heterocycles. The van der Waals surface area contributed by atoms with E-state index in [0.29, 0.717) is 23.6 Å². The smallest absolute Gasteiger partial charge is 0.283 e. The van der Waals surface area contributed by atoms with Crippen molar-refractivity contribution in [3.63, 3.8) is 0 Å². The van der Waals surface area contributed by atoms with Gasteiger partial charge in [0.15, 0.2) is 0 Å². The molecule has 0 aliphatic carbocycles. The average Bonchev–Trinajstić information content (AvgIpc) is 2.87. The highest BCUT2D eigenvalue weighted by Gasteiger charge is 2.27. The number of amides is 1. The fourth-order valence-electron chi connectivity index (χ4n) is 4.00. The maximum absolute atomic E-state index is 13.9. The van der Waals surface area contributed by atoms with E-state index in [0.717, 1.165) is 24.0 Å². The zero-order chi connectivity index (χ0) is 25.3. The van der Waals surface area contributed by atoms with E-state index in [-0.39, 0.29) is 11.5 Å². The molecule has 0 aliphatic rings. The summed E-state index contributed by atoms with van der Waals surface area (Å²) < 4.78 is 33.9. The van der Waals surface area contributed by atoms with Crippen LogP contribution in [-0.4, -0.2) is 19.6 Å². The highest BCUT2D eigenvalue weighted by molar-refractivity contribution is 7.17. The van der Waals surface area contributed by atoms with Crippen LogP contribution in [0.4, 0.5) is 14.5 Å². The van der Waals surface area contributed by atoms with E-state index in [2.05, 4.69) is 6.92 Å². The van der Waals surface area contributed by atoms with E-state index in [9.17, 15) is 13.6 Å². The first-order chi connectivity index (χ1) is 16.8. The molecule has 1 atom stereocenters. The normalized spacial score (nSPS) is 11.3. The third-order valence-corrected chi connectivity index (χ3v) is 6.34. The topological polar surface area (TPSA) is 29.5 Å². The fraction of sp³-hybridized carbons (Fsp3) is 0.345. The Hall–Kier alpha value is -2.78. The second kappa shape index (κ2) is 12.8. The Bertz CT molecular complexity index is 1100. The third kappa shape index (κ3) is 7.35. The minimum atomic E-state index is -3.08. The molecule has 0 saturated heterocycles. The van der Waals surface area contributed by atoms with Gasteiger partial charge >= 0.3 is 0 Å². The lowest BCUT2D eigenvalue weighted by atomic mass is 9.97. The molecule has 186 valence electrons. The zero-order valence-corrected chi connectivity index (χ0v) is 21.6. The molecule has 0 bridgehead atoms.